The van der Waals surface area contributed by atoms with Crippen LogP contribution in [0.2, 0.25) is 0 Å². The second-order valence-electron chi connectivity index (χ2n) is 5.71. The molecule has 0 bridgehead atoms. The van der Waals surface area contributed by atoms with Crippen molar-refractivity contribution in [2.24, 2.45) is 5.92 Å². The zero-order valence-corrected chi connectivity index (χ0v) is 20.1. The van der Waals surface area contributed by atoms with Crippen LogP contribution >= 0.6 is 46.4 Å². The second-order valence-corrected chi connectivity index (χ2v) is 7.11. The van der Waals surface area contributed by atoms with Crippen molar-refractivity contribution in [3.8, 4) is 0 Å². The molecule has 0 aromatic heterocycles. The molecule has 40 heavy (non-hydrogen) atoms. The van der Waals surface area contributed by atoms with Crippen molar-refractivity contribution >= 4 is 67.4 Å². The summed E-state index contributed by atoms with van der Waals surface area (Å²) < 4.78 is 214. The summed E-state index contributed by atoms with van der Waals surface area (Å²) in [5.41, 5.74) is 0. The van der Waals surface area contributed by atoms with Crippen LogP contribution in [0.3, 0.4) is 0 Å². The van der Waals surface area contributed by atoms with E-state index in [1.165, 1.54) is 0 Å². The van der Waals surface area contributed by atoms with Crippen molar-refractivity contribution < 1.29 is 103 Å². The minimum absolute atomic E-state index is 2.28. The molecule has 0 aromatic carbocycles. The smallest absolute Gasteiger partial charge is 0.280 e. The highest BCUT2D eigenvalue weighted by Crippen LogP contribution is 2.40. The molecule has 27 heteroatoms. The van der Waals surface area contributed by atoms with E-state index in [4.69, 9.17) is 4.79 Å². The van der Waals surface area contributed by atoms with Gasteiger partial charge in [0.15, 0.2) is 0 Å². The topological polar surface area (TPSA) is 68.3 Å². The van der Waals surface area contributed by atoms with Gasteiger partial charge in [-0.2, -0.15) is 83.4 Å². The monoisotopic (exact) mass is 724 g/mol. The number of carbonyl (C=O) groups excluding carboxylic acids is 4. The zero-order valence-electron chi connectivity index (χ0n) is 17.1. The van der Waals surface area contributed by atoms with Gasteiger partial charge in [0.1, 0.15) is 6.42 Å². The van der Waals surface area contributed by atoms with Crippen LogP contribution in [0.15, 0.2) is 0 Å². The van der Waals surface area contributed by atoms with Crippen molar-refractivity contribution in [1.29, 1.82) is 0 Å². The Morgan fingerprint density at radius 2 is 0.775 bits per heavy atom. The fraction of sp³-hybridized carbons (Fsp3) is 0.692. The summed E-state index contributed by atoms with van der Waals surface area (Å²) in [7, 11) is 0. The first-order valence-electron chi connectivity index (χ1n) is 7.74. The number of alkyl halides is 19. The predicted molar refractivity (Wildman–Crippen MR) is 91.7 cm³/mol. The van der Waals surface area contributed by atoms with Crippen LogP contribution in [0.1, 0.15) is 6.42 Å². The van der Waals surface area contributed by atoms with Crippen LogP contribution in [-0.4, -0.2) is 63.7 Å². The molecule has 0 aliphatic rings. The minimum Gasteiger partial charge on any atom is -0.280 e. The van der Waals surface area contributed by atoms with Crippen LogP contribution in [0.5, 0.6) is 0 Å². The molecule has 0 amide bonds. The van der Waals surface area contributed by atoms with Gasteiger partial charge in [0.05, 0.1) is 0 Å². The second kappa shape index (κ2) is 15.7. The van der Waals surface area contributed by atoms with E-state index in [-0.39, 0.29) is 0 Å². The number of hydrogen-bond donors (Lipinski definition) is 0. The Morgan fingerprint density at radius 1 is 0.500 bits per heavy atom. The lowest BCUT2D eigenvalue weighted by molar-refractivity contribution is -0.270. The Morgan fingerprint density at radius 3 is 0.800 bits per heavy atom. The molecule has 0 rings (SSSR count). The fourth-order valence-corrected chi connectivity index (χ4v) is 1.30. The van der Waals surface area contributed by atoms with Crippen molar-refractivity contribution in [3.05, 3.63) is 0 Å². The summed E-state index contributed by atoms with van der Waals surface area (Å²) in [6.07, 6.45) is -29.7. The minimum atomic E-state index is -5.90. The average Bonchev–Trinajstić information content (AvgIpc) is 2.55. The van der Waals surface area contributed by atoms with Crippen molar-refractivity contribution in [2.75, 3.05) is 0 Å². The molecule has 0 radical (unpaired) electrons. The van der Waals surface area contributed by atoms with Gasteiger partial charge in [-0.05, 0) is 46.4 Å². The van der Waals surface area contributed by atoms with E-state index < -0.39 is 76.0 Å². The molecule has 0 aliphatic heterocycles. The predicted octanol–water partition coefficient (Wildman–Crippen LogP) is 8.10. The third-order valence-corrected chi connectivity index (χ3v) is 3.36. The maximum atomic E-state index is 11.8. The maximum Gasteiger partial charge on any atom is 0.466 e. The molecule has 240 valence electrons. The van der Waals surface area contributed by atoms with Gasteiger partial charge in [0.2, 0.25) is 11.2 Å². The number of hydrogen-bond acceptors (Lipinski definition) is 4. The van der Waals surface area contributed by atoms with Gasteiger partial charge in [-0.3, -0.25) is 19.2 Å². The first kappa shape index (κ1) is 45.5. The molecule has 4 nitrogen and oxygen atoms in total. The summed E-state index contributed by atoms with van der Waals surface area (Å²) in [6.45, 7) is 0. The first-order valence-corrected chi connectivity index (χ1v) is 9.25. The van der Waals surface area contributed by atoms with Gasteiger partial charge in [-0.15, -0.1) is 0 Å². The number of carbonyl (C=O) groups is 4. The van der Waals surface area contributed by atoms with E-state index in [1.54, 1.807) is 0 Å². The lowest BCUT2D eigenvalue weighted by Gasteiger charge is -2.18. The largest absolute Gasteiger partial charge is 0.466 e. The lowest BCUT2D eigenvalue weighted by Crippen LogP contribution is -2.41. The highest BCUT2D eigenvalue weighted by Gasteiger charge is 2.63. The Labute approximate surface area is 225 Å². The molecule has 0 saturated heterocycles. The van der Waals surface area contributed by atoms with Gasteiger partial charge in [0, 0.05) is 0 Å². The molecule has 0 unspecified atom stereocenters. The molecule has 0 aliphatic carbocycles. The third kappa shape index (κ3) is 20.4. The van der Waals surface area contributed by atoms with E-state index in [2.05, 4.69) is 46.4 Å². The molecule has 0 fully saturated rings. The van der Waals surface area contributed by atoms with Crippen molar-refractivity contribution in [2.45, 2.75) is 49.1 Å². The molecule has 0 heterocycles. The summed E-state index contributed by atoms with van der Waals surface area (Å²) in [5.74, 6) is -14.0. The van der Waals surface area contributed by atoms with Crippen LogP contribution in [0.25, 0.3) is 0 Å². The molecule has 0 N–H and O–H groups in total. The lowest BCUT2D eigenvalue weighted by atomic mass is 10.1. The maximum absolute atomic E-state index is 11.8. The SMILES string of the molecule is O=C(Cl)C(C(F)(F)F)C(F)(F)F.O=C(Cl)C(F)(F)C(F)(F)F.O=C(Cl)C(F)(F)CC(F)(F)F.O=C(Cl)C(F)(F)F. The first-order chi connectivity index (χ1) is 16.9. The highest BCUT2D eigenvalue weighted by atomic mass is 35.5. The number of halogens is 23. The molecular weight excluding hydrogens is 723 g/mol. The van der Waals surface area contributed by atoms with Crippen LogP contribution in [0, 0.1) is 5.92 Å². The Bertz CT molecular complexity index is 841. The fourth-order valence-electron chi connectivity index (χ4n) is 0.876. The van der Waals surface area contributed by atoms with E-state index in [0.717, 1.165) is 0 Å². The van der Waals surface area contributed by atoms with Crippen LogP contribution in [-0.2, 0) is 19.2 Å². The van der Waals surface area contributed by atoms with Crippen LogP contribution < -0.4 is 0 Å². The van der Waals surface area contributed by atoms with Gasteiger partial charge >= 0.3 is 53.2 Å². The molecule has 0 spiro atoms. The number of rotatable bonds is 4. The van der Waals surface area contributed by atoms with Crippen molar-refractivity contribution in [3.63, 3.8) is 0 Å². The van der Waals surface area contributed by atoms with Gasteiger partial charge in [-0.25, -0.2) is 0 Å². The van der Waals surface area contributed by atoms with Crippen molar-refractivity contribution in [1.82, 2.24) is 0 Å². The van der Waals surface area contributed by atoms with E-state index in [9.17, 15) is 97.8 Å². The van der Waals surface area contributed by atoms with E-state index >= 15 is 0 Å². The normalized spacial score (nSPS) is 13.1. The highest BCUT2D eigenvalue weighted by molar-refractivity contribution is 6.65. The molecular formula is C13H3Cl4F19O4. The Hall–Kier alpha value is -1.49. The summed E-state index contributed by atoms with van der Waals surface area (Å²) >= 11 is 16.3. The summed E-state index contributed by atoms with van der Waals surface area (Å²) in [4.78, 5) is 37.9. The van der Waals surface area contributed by atoms with E-state index in [1.807, 2.05) is 0 Å². The van der Waals surface area contributed by atoms with Gasteiger partial charge in [-0.1, -0.05) is 0 Å². The van der Waals surface area contributed by atoms with E-state index in [0.29, 0.717) is 0 Å². The van der Waals surface area contributed by atoms with Gasteiger partial charge < -0.3 is 0 Å². The van der Waals surface area contributed by atoms with Crippen LogP contribution in [0.4, 0.5) is 83.4 Å². The molecule has 0 saturated carbocycles. The third-order valence-electron chi connectivity index (χ3n) is 2.42. The Kier molecular flexibility index (Phi) is 17.8. The standard InChI is InChI=1S/C4HClF6O.C4H2ClF5O.C3ClF5O.C2ClF3O/c5-2(12)1(3(6,7)8)4(9,10)11;5-2(11)3(6,7)1-4(8,9)10;4-1(10)2(5,6)3(7,8)9;3-1(7)2(4,5)6/h1H;1H2;;. The molecule has 0 aromatic rings. The molecule has 0 atom stereocenters. The zero-order chi connectivity index (χ0) is 34.1. The quantitative estimate of drug-likeness (QED) is 0.217. The summed E-state index contributed by atoms with van der Waals surface area (Å²) in [6, 6.07) is 0. The summed E-state index contributed by atoms with van der Waals surface area (Å²) in [5, 5.41) is -9.78. The van der Waals surface area contributed by atoms with Gasteiger partial charge in [0.25, 0.3) is 5.24 Å². The average molecular weight is 726 g/mol. The Balaban J connectivity index is -0.000000220.